The van der Waals surface area contributed by atoms with E-state index in [-0.39, 0.29) is 5.91 Å². The second-order valence-corrected chi connectivity index (χ2v) is 5.84. The minimum Gasteiger partial charge on any atom is -0.391 e. The van der Waals surface area contributed by atoms with Gasteiger partial charge in [0.2, 0.25) is 5.91 Å². The number of nitrogens with zero attached hydrogens (tertiary/aromatic N) is 1. The van der Waals surface area contributed by atoms with E-state index in [2.05, 4.69) is 10.3 Å². The molecule has 0 aliphatic heterocycles. The van der Waals surface area contributed by atoms with Crippen molar-refractivity contribution in [1.82, 2.24) is 10.3 Å². The summed E-state index contributed by atoms with van der Waals surface area (Å²) in [6.07, 6.45) is 2.91. The number of aliphatic hydroxyl groups excluding tert-OH is 1. The van der Waals surface area contributed by atoms with Crippen LogP contribution in [0.15, 0.2) is 41.6 Å². The summed E-state index contributed by atoms with van der Waals surface area (Å²) in [5.74, 6) is 0.227. The van der Waals surface area contributed by atoms with Crippen molar-refractivity contribution in [2.75, 3.05) is 12.3 Å². The maximum atomic E-state index is 11.8. The number of hydrogen-bond acceptors (Lipinski definition) is 4. The van der Waals surface area contributed by atoms with Gasteiger partial charge in [0.25, 0.3) is 0 Å². The van der Waals surface area contributed by atoms with Gasteiger partial charge in [-0.2, -0.15) is 0 Å². The minimum atomic E-state index is -0.459. The van der Waals surface area contributed by atoms with Crippen LogP contribution in [-0.4, -0.2) is 34.4 Å². The molecule has 0 aliphatic carbocycles. The van der Waals surface area contributed by atoms with Crippen molar-refractivity contribution in [2.45, 2.75) is 30.9 Å². The van der Waals surface area contributed by atoms with E-state index in [0.717, 1.165) is 22.2 Å². The number of rotatable bonds is 7. The Hall–Kier alpha value is -1.59. The number of carbonyl (C=O) groups is 1. The quantitative estimate of drug-likeness (QED) is 0.772. The van der Waals surface area contributed by atoms with Crippen LogP contribution in [0, 0.1) is 0 Å². The Bertz CT molecular complexity index is 598. The Kier molecular flexibility index (Phi) is 6.02. The lowest BCUT2D eigenvalue weighted by molar-refractivity contribution is -0.119. The number of benzene rings is 1. The monoisotopic (exact) mass is 304 g/mol. The lowest BCUT2D eigenvalue weighted by Crippen LogP contribution is -2.33. The molecule has 0 spiro atoms. The van der Waals surface area contributed by atoms with E-state index in [0.29, 0.717) is 18.7 Å². The summed E-state index contributed by atoms with van der Waals surface area (Å²) in [5, 5.41) is 15.4. The second kappa shape index (κ2) is 8.00. The molecule has 2 aromatic rings. The highest BCUT2D eigenvalue weighted by atomic mass is 32.2. The number of aromatic nitrogens is 1. The van der Waals surface area contributed by atoms with Crippen LogP contribution >= 0.6 is 11.8 Å². The van der Waals surface area contributed by atoms with Crippen LogP contribution in [0.2, 0.25) is 0 Å². The Labute approximate surface area is 129 Å². The van der Waals surface area contributed by atoms with E-state index >= 15 is 0 Å². The molecular weight excluding hydrogens is 284 g/mol. The Morgan fingerprint density at radius 1 is 1.38 bits per heavy atom. The van der Waals surface area contributed by atoms with Crippen molar-refractivity contribution >= 4 is 28.4 Å². The maximum Gasteiger partial charge on any atom is 0.230 e. The zero-order valence-corrected chi connectivity index (χ0v) is 12.9. The summed E-state index contributed by atoms with van der Waals surface area (Å²) in [5.41, 5.74) is 0. The van der Waals surface area contributed by atoms with Crippen LogP contribution in [-0.2, 0) is 4.79 Å². The Morgan fingerprint density at radius 2 is 2.19 bits per heavy atom. The van der Waals surface area contributed by atoms with Gasteiger partial charge in [-0.25, -0.2) is 4.98 Å². The molecule has 0 aliphatic rings. The van der Waals surface area contributed by atoms with Crippen molar-refractivity contribution in [3.05, 3.63) is 36.5 Å². The molecule has 0 radical (unpaired) electrons. The van der Waals surface area contributed by atoms with Crippen LogP contribution in [0.3, 0.4) is 0 Å². The van der Waals surface area contributed by atoms with E-state index in [1.54, 1.807) is 6.20 Å². The van der Waals surface area contributed by atoms with Crippen molar-refractivity contribution in [2.24, 2.45) is 0 Å². The zero-order valence-electron chi connectivity index (χ0n) is 12.1. The molecule has 0 saturated heterocycles. The third-order valence-electron chi connectivity index (χ3n) is 3.13. The van der Waals surface area contributed by atoms with Gasteiger partial charge in [0, 0.05) is 18.1 Å². The van der Waals surface area contributed by atoms with E-state index in [9.17, 15) is 9.90 Å². The average molecular weight is 304 g/mol. The molecule has 21 heavy (non-hydrogen) atoms. The molecule has 0 bridgehead atoms. The van der Waals surface area contributed by atoms with Crippen molar-refractivity contribution < 1.29 is 9.90 Å². The predicted molar refractivity (Wildman–Crippen MR) is 86.4 cm³/mol. The van der Waals surface area contributed by atoms with E-state index in [1.165, 1.54) is 11.8 Å². The third-order valence-corrected chi connectivity index (χ3v) is 4.14. The average Bonchev–Trinajstić information content (AvgIpc) is 2.51. The normalized spacial score (nSPS) is 12.3. The molecule has 4 nitrogen and oxygen atoms in total. The van der Waals surface area contributed by atoms with Crippen molar-refractivity contribution in [3.63, 3.8) is 0 Å². The van der Waals surface area contributed by atoms with Gasteiger partial charge in [-0.1, -0.05) is 49.4 Å². The number of nitrogens with one attached hydrogen (secondary N) is 1. The molecule has 5 heteroatoms. The van der Waals surface area contributed by atoms with Crippen LogP contribution < -0.4 is 5.32 Å². The first kappa shape index (κ1) is 15.8. The molecule has 1 amide bonds. The molecular formula is C16H20N2O2S. The first-order valence-electron chi connectivity index (χ1n) is 7.12. The van der Waals surface area contributed by atoms with E-state index in [1.807, 2.05) is 37.3 Å². The number of thioether (sulfide) groups is 1. The number of aliphatic hydroxyl groups is 1. The van der Waals surface area contributed by atoms with Gasteiger partial charge in [0.15, 0.2) is 0 Å². The van der Waals surface area contributed by atoms with E-state index in [4.69, 9.17) is 0 Å². The highest BCUT2D eigenvalue weighted by Crippen LogP contribution is 2.25. The second-order valence-electron chi connectivity index (χ2n) is 4.87. The fourth-order valence-electron chi connectivity index (χ4n) is 2.06. The van der Waals surface area contributed by atoms with E-state index < -0.39 is 6.10 Å². The van der Waals surface area contributed by atoms with Gasteiger partial charge in [-0.3, -0.25) is 4.79 Å². The van der Waals surface area contributed by atoms with Gasteiger partial charge in [-0.15, -0.1) is 0 Å². The summed E-state index contributed by atoms with van der Waals surface area (Å²) in [6.45, 7) is 2.32. The molecule has 0 fully saturated rings. The smallest absolute Gasteiger partial charge is 0.230 e. The summed E-state index contributed by atoms with van der Waals surface area (Å²) in [4.78, 5) is 16.1. The zero-order chi connectivity index (χ0) is 15.1. The third kappa shape index (κ3) is 4.72. The Morgan fingerprint density at radius 3 is 3.00 bits per heavy atom. The standard InChI is InChI=1S/C16H20N2O2S/c1-2-5-13(19)10-18-15(20)11-21-16-14-7-4-3-6-12(14)8-9-17-16/h3-4,6-9,13,19H,2,5,10-11H2,1H3,(H,18,20). The predicted octanol–water partition coefficient (Wildman–Crippen LogP) is 2.60. The number of amides is 1. The number of fused-ring (bicyclic) bond motifs is 1. The fourth-order valence-corrected chi connectivity index (χ4v) is 2.91. The van der Waals surface area contributed by atoms with Crippen molar-refractivity contribution in [3.8, 4) is 0 Å². The number of carbonyl (C=O) groups excluding carboxylic acids is 1. The molecule has 1 aromatic heterocycles. The van der Waals surface area contributed by atoms with Gasteiger partial charge < -0.3 is 10.4 Å². The number of hydrogen-bond donors (Lipinski definition) is 2. The number of pyridine rings is 1. The summed E-state index contributed by atoms with van der Waals surface area (Å²) in [6, 6.07) is 9.95. The lowest BCUT2D eigenvalue weighted by atomic mass is 10.2. The Balaban J connectivity index is 1.88. The molecule has 1 unspecified atom stereocenters. The topological polar surface area (TPSA) is 62.2 Å². The molecule has 0 saturated carbocycles. The first-order chi connectivity index (χ1) is 10.2. The van der Waals surface area contributed by atoms with Crippen LogP contribution in [0.4, 0.5) is 0 Å². The van der Waals surface area contributed by atoms with Crippen LogP contribution in [0.25, 0.3) is 10.8 Å². The molecule has 2 N–H and O–H groups in total. The summed E-state index contributed by atoms with van der Waals surface area (Å²) in [7, 11) is 0. The van der Waals surface area contributed by atoms with Gasteiger partial charge in [-0.05, 0) is 17.9 Å². The van der Waals surface area contributed by atoms with Crippen LogP contribution in [0.1, 0.15) is 19.8 Å². The van der Waals surface area contributed by atoms with Gasteiger partial charge in [0.1, 0.15) is 5.03 Å². The molecule has 2 rings (SSSR count). The molecule has 1 aromatic carbocycles. The summed E-state index contributed by atoms with van der Waals surface area (Å²) >= 11 is 1.42. The molecule has 112 valence electrons. The molecule has 1 heterocycles. The summed E-state index contributed by atoms with van der Waals surface area (Å²) < 4.78 is 0. The van der Waals surface area contributed by atoms with Crippen molar-refractivity contribution in [1.29, 1.82) is 0 Å². The van der Waals surface area contributed by atoms with Gasteiger partial charge in [0.05, 0.1) is 11.9 Å². The van der Waals surface area contributed by atoms with Crippen LogP contribution in [0.5, 0.6) is 0 Å². The highest BCUT2D eigenvalue weighted by Gasteiger charge is 2.08. The maximum absolute atomic E-state index is 11.8. The molecule has 1 atom stereocenters. The SMILES string of the molecule is CCCC(O)CNC(=O)CSc1nccc2ccccc12. The minimum absolute atomic E-state index is 0.0788. The first-order valence-corrected chi connectivity index (χ1v) is 8.10. The largest absolute Gasteiger partial charge is 0.391 e. The highest BCUT2D eigenvalue weighted by molar-refractivity contribution is 8.00. The lowest BCUT2D eigenvalue weighted by Gasteiger charge is -2.10. The fraction of sp³-hybridized carbons (Fsp3) is 0.375. The van der Waals surface area contributed by atoms with Gasteiger partial charge >= 0.3 is 0 Å².